The summed E-state index contributed by atoms with van der Waals surface area (Å²) in [5.41, 5.74) is -0.222. The number of carbonyl (C=O) groups excluding carboxylic acids is 1. The van der Waals surface area contributed by atoms with E-state index >= 15 is 0 Å². The van der Waals surface area contributed by atoms with Crippen LogP contribution in [0, 0.1) is 21.4 Å². The summed E-state index contributed by atoms with van der Waals surface area (Å²) in [4.78, 5) is 21.1. The van der Waals surface area contributed by atoms with Crippen LogP contribution in [0.4, 0.5) is 5.69 Å². The zero-order valence-electron chi connectivity index (χ0n) is 7.65. The molecule has 0 N–H and O–H groups in total. The van der Waals surface area contributed by atoms with Crippen LogP contribution in [0.3, 0.4) is 0 Å². The molecule has 0 atom stereocenters. The Hall–Kier alpha value is -1.74. The van der Waals surface area contributed by atoms with Crippen molar-refractivity contribution in [2.75, 3.05) is 0 Å². The molecular formula is C9H5BrN2O3. The summed E-state index contributed by atoms with van der Waals surface area (Å²) < 4.78 is 0.376. The number of rotatable bonds is 2. The van der Waals surface area contributed by atoms with Gasteiger partial charge >= 0.3 is 0 Å². The highest BCUT2D eigenvalue weighted by molar-refractivity contribution is 9.10. The molecule has 6 heteroatoms. The van der Waals surface area contributed by atoms with Gasteiger partial charge in [0.1, 0.15) is 6.07 Å². The molecule has 0 saturated carbocycles. The molecule has 0 bridgehead atoms. The highest BCUT2D eigenvalue weighted by Crippen LogP contribution is 2.27. The van der Waals surface area contributed by atoms with Gasteiger partial charge in [0.25, 0.3) is 5.69 Å². The van der Waals surface area contributed by atoms with E-state index in [9.17, 15) is 14.9 Å². The van der Waals surface area contributed by atoms with E-state index in [4.69, 9.17) is 5.26 Å². The molecule has 1 rings (SSSR count). The summed E-state index contributed by atoms with van der Waals surface area (Å²) in [6.07, 6.45) is 0. The fourth-order valence-electron chi connectivity index (χ4n) is 1.08. The number of ketones is 1. The zero-order valence-corrected chi connectivity index (χ0v) is 9.24. The van der Waals surface area contributed by atoms with Crippen LogP contribution in [0.2, 0.25) is 0 Å². The molecule has 0 aliphatic heterocycles. The van der Waals surface area contributed by atoms with Gasteiger partial charge in [-0.2, -0.15) is 5.26 Å². The maximum atomic E-state index is 11.1. The molecule has 15 heavy (non-hydrogen) atoms. The molecule has 1 aromatic carbocycles. The Morgan fingerprint density at radius 3 is 2.60 bits per heavy atom. The van der Waals surface area contributed by atoms with E-state index in [-0.39, 0.29) is 16.8 Å². The Bertz CT molecular complexity index is 491. The van der Waals surface area contributed by atoms with Gasteiger partial charge in [0.05, 0.1) is 16.1 Å². The van der Waals surface area contributed by atoms with E-state index < -0.39 is 10.7 Å². The Kier molecular flexibility index (Phi) is 3.17. The third-order valence-corrected chi connectivity index (χ3v) is 2.44. The maximum absolute atomic E-state index is 11.1. The normalized spacial score (nSPS) is 9.40. The maximum Gasteiger partial charge on any atom is 0.281 e. The highest BCUT2D eigenvalue weighted by atomic mass is 79.9. The number of Topliss-reactive ketones (excluding diaryl/α,β-unsaturated/α-hetero) is 1. The highest BCUT2D eigenvalue weighted by Gasteiger charge is 2.20. The number of nitro benzene ring substituents is 1. The number of hydrogen-bond acceptors (Lipinski definition) is 4. The minimum absolute atomic E-state index is 0.00845. The van der Waals surface area contributed by atoms with Gasteiger partial charge < -0.3 is 0 Å². The summed E-state index contributed by atoms with van der Waals surface area (Å²) in [7, 11) is 0. The second kappa shape index (κ2) is 4.19. The van der Waals surface area contributed by atoms with Crippen LogP contribution in [0.5, 0.6) is 0 Å². The fourth-order valence-corrected chi connectivity index (χ4v) is 1.51. The van der Waals surface area contributed by atoms with E-state index in [0.29, 0.717) is 4.47 Å². The number of hydrogen-bond donors (Lipinski definition) is 0. The van der Waals surface area contributed by atoms with E-state index in [2.05, 4.69) is 15.9 Å². The monoisotopic (exact) mass is 268 g/mol. The summed E-state index contributed by atoms with van der Waals surface area (Å²) in [6.45, 7) is 1.24. The van der Waals surface area contributed by atoms with Crippen LogP contribution >= 0.6 is 15.9 Å². The third kappa shape index (κ3) is 2.19. The van der Waals surface area contributed by atoms with Crippen molar-refractivity contribution in [3.63, 3.8) is 0 Å². The summed E-state index contributed by atoms with van der Waals surface area (Å²) in [5, 5.41) is 19.3. The topological polar surface area (TPSA) is 84.0 Å². The van der Waals surface area contributed by atoms with Crippen molar-refractivity contribution in [1.82, 2.24) is 0 Å². The Labute approximate surface area is 93.6 Å². The van der Waals surface area contributed by atoms with Crippen LogP contribution < -0.4 is 0 Å². The van der Waals surface area contributed by atoms with Crippen LogP contribution in [0.15, 0.2) is 16.6 Å². The molecule has 0 heterocycles. The number of benzene rings is 1. The Balaban J connectivity index is 3.54. The van der Waals surface area contributed by atoms with Gasteiger partial charge in [0.2, 0.25) is 0 Å². The number of nitro groups is 1. The van der Waals surface area contributed by atoms with Crippen LogP contribution in [0.1, 0.15) is 22.8 Å². The Morgan fingerprint density at radius 2 is 2.20 bits per heavy atom. The minimum atomic E-state index is -0.677. The first kappa shape index (κ1) is 11.3. The lowest BCUT2D eigenvalue weighted by molar-refractivity contribution is -0.385. The molecule has 0 spiro atoms. The van der Waals surface area contributed by atoms with E-state index in [1.807, 2.05) is 0 Å². The molecule has 0 aliphatic rings. The first-order valence-electron chi connectivity index (χ1n) is 3.86. The van der Waals surface area contributed by atoms with Gasteiger partial charge in [-0.25, -0.2) is 0 Å². The predicted molar refractivity (Wildman–Crippen MR) is 55.5 cm³/mol. The van der Waals surface area contributed by atoms with E-state index in [0.717, 1.165) is 6.07 Å². The van der Waals surface area contributed by atoms with Crippen molar-refractivity contribution in [2.24, 2.45) is 0 Å². The van der Waals surface area contributed by atoms with Crippen molar-refractivity contribution in [2.45, 2.75) is 6.92 Å². The molecule has 76 valence electrons. The molecule has 0 aromatic heterocycles. The van der Waals surface area contributed by atoms with Gasteiger partial charge in [0.15, 0.2) is 5.78 Å². The van der Waals surface area contributed by atoms with Gasteiger partial charge in [-0.3, -0.25) is 14.9 Å². The van der Waals surface area contributed by atoms with Crippen molar-refractivity contribution in [1.29, 1.82) is 5.26 Å². The number of nitriles is 1. The van der Waals surface area contributed by atoms with Crippen LogP contribution in [-0.2, 0) is 0 Å². The first-order valence-corrected chi connectivity index (χ1v) is 4.65. The summed E-state index contributed by atoms with van der Waals surface area (Å²) in [5.74, 6) is -0.410. The quantitative estimate of drug-likeness (QED) is 0.469. The average molecular weight is 269 g/mol. The van der Waals surface area contributed by atoms with Gasteiger partial charge in [-0.1, -0.05) is 0 Å². The summed E-state index contributed by atoms with van der Waals surface area (Å²) >= 11 is 3.06. The third-order valence-electron chi connectivity index (χ3n) is 1.78. The number of nitrogens with zero attached hydrogens (tertiary/aromatic N) is 2. The molecule has 1 aromatic rings. The number of halogens is 1. The van der Waals surface area contributed by atoms with Gasteiger partial charge in [-0.05, 0) is 28.9 Å². The molecule has 0 amide bonds. The molecule has 0 saturated heterocycles. The van der Waals surface area contributed by atoms with Crippen molar-refractivity contribution in [3.8, 4) is 6.07 Å². The number of carbonyl (C=O) groups is 1. The lowest BCUT2D eigenvalue weighted by atomic mass is 10.1. The van der Waals surface area contributed by atoms with Gasteiger partial charge in [0, 0.05) is 10.5 Å². The molecule has 0 fully saturated rings. The zero-order chi connectivity index (χ0) is 11.6. The lowest BCUT2D eigenvalue weighted by Gasteiger charge is -2.01. The predicted octanol–water partition coefficient (Wildman–Crippen LogP) is 2.43. The second-order valence-corrected chi connectivity index (χ2v) is 3.63. The minimum Gasteiger partial charge on any atom is -0.294 e. The largest absolute Gasteiger partial charge is 0.294 e. The van der Waals surface area contributed by atoms with Crippen LogP contribution in [-0.4, -0.2) is 10.7 Å². The summed E-state index contributed by atoms with van der Waals surface area (Å²) in [6, 6.07) is 4.17. The molecule has 0 unspecified atom stereocenters. The van der Waals surface area contributed by atoms with Crippen molar-refractivity contribution < 1.29 is 9.72 Å². The average Bonchev–Trinajstić information content (AvgIpc) is 2.16. The van der Waals surface area contributed by atoms with E-state index in [1.165, 1.54) is 13.0 Å². The Morgan fingerprint density at radius 1 is 1.60 bits per heavy atom. The van der Waals surface area contributed by atoms with Crippen molar-refractivity contribution in [3.05, 3.63) is 37.8 Å². The molecule has 5 nitrogen and oxygen atoms in total. The smallest absolute Gasteiger partial charge is 0.281 e. The fraction of sp³-hybridized carbons (Fsp3) is 0.111. The van der Waals surface area contributed by atoms with Crippen molar-refractivity contribution >= 4 is 27.4 Å². The second-order valence-electron chi connectivity index (χ2n) is 2.77. The SMILES string of the molecule is CC(=O)c1cc(Br)c(C#N)cc1[N+](=O)[O-]. The van der Waals surface area contributed by atoms with Crippen LogP contribution in [0.25, 0.3) is 0 Å². The molecule has 0 aliphatic carbocycles. The van der Waals surface area contributed by atoms with E-state index in [1.54, 1.807) is 6.07 Å². The standard InChI is InChI=1S/C9H5BrN2O3/c1-5(13)7-3-8(10)6(4-11)2-9(7)12(14)15/h2-3H,1H3. The molecular weight excluding hydrogens is 264 g/mol. The first-order chi connectivity index (χ1) is 6.97. The lowest BCUT2D eigenvalue weighted by Crippen LogP contribution is -2.01. The molecule has 0 radical (unpaired) electrons. The van der Waals surface area contributed by atoms with Gasteiger partial charge in [-0.15, -0.1) is 0 Å².